The maximum absolute atomic E-state index is 12.9. The van der Waals surface area contributed by atoms with E-state index in [1.807, 2.05) is 36.4 Å². The van der Waals surface area contributed by atoms with E-state index in [0.29, 0.717) is 17.7 Å². The van der Waals surface area contributed by atoms with E-state index in [9.17, 15) is 18.0 Å². The second-order valence-electron chi connectivity index (χ2n) is 9.24. The van der Waals surface area contributed by atoms with Crippen molar-refractivity contribution in [3.05, 3.63) is 107 Å². The number of amides is 1. The van der Waals surface area contributed by atoms with Crippen LogP contribution in [0.1, 0.15) is 31.8 Å². The summed E-state index contributed by atoms with van der Waals surface area (Å²) in [5.41, 5.74) is 6.03. The largest absolute Gasteiger partial charge is 0.465 e. The summed E-state index contributed by atoms with van der Waals surface area (Å²) in [6.45, 7) is 1.19. The number of allylic oxidation sites excluding steroid dienone is 2. The normalized spacial score (nSPS) is 16.0. The van der Waals surface area contributed by atoms with Gasteiger partial charge in [-0.2, -0.15) is 0 Å². The summed E-state index contributed by atoms with van der Waals surface area (Å²) in [5.74, 6) is -0.843. The van der Waals surface area contributed by atoms with Crippen LogP contribution in [0, 0.1) is 0 Å². The lowest BCUT2D eigenvalue weighted by molar-refractivity contribution is 0.0600. The lowest BCUT2D eigenvalue weighted by Gasteiger charge is -2.18. The van der Waals surface area contributed by atoms with E-state index < -0.39 is 9.84 Å². The van der Waals surface area contributed by atoms with Gasteiger partial charge in [0.15, 0.2) is 9.84 Å². The standard InChI is InChI=1S/C30H28N2O6S/c1-37-30(34)25-7-3-6-22(15-25)20-4-2-5-21(14-20)23-10-11-31-27(16-23)18-32-29(33)24-8-9-26-19-38-12-13-39(35,36)28(26)17-24/h2-10,14-17,31H,11-13,18-19H2,1H3,(H,32,33). The summed E-state index contributed by atoms with van der Waals surface area (Å²) < 4.78 is 35.3. The number of carbonyl (C=O) groups is 2. The smallest absolute Gasteiger partial charge is 0.337 e. The predicted octanol–water partition coefficient (Wildman–Crippen LogP) is 3.74. The Balaban J connectivity index is 1.30. The van der Waals surface area contributed by atoms with Crippen molar-refractivity contribution in [3.8, 4) is 11.1 Å². The molecule has 200 valence electrons. The average Bonchev–Trinajstić information content (AvgIpc) is 3.13. The topological polar surface area (TPSA) is 111 Å². The van der Waals surface area contributed by atoms with Crippen LogP contribution >= 0.6 is 0 Å². The van der Waals surface area contributed by atoms with Gasteiger partial charge in [-0.1, -0.05) is 42.5 Å². The molecule has 9 heteroatoms. The Hall–Kier alpha value is -4.21. The highest BCUT2D eigenvalue weighted by Gasteiger charge is 2.24. The van der Waals surface area contributed by atoms with Crippen LogP contribution in [-0.4, -0.2) is 52.9 Å². The lowest BCUT2D eigenvalue weighted by atomic mass is 9.96. The highest BCUT2D eigenvalue weighted by Crippen LogP contribution is 2.27. The van der Waals surface area contributed by atoms with Gasteiger partial charge in [0, 0.05) is 17.8 Å². The molecule has 39 heavy (non-hydrogen) atoms. The number of esters is 1. The molecule has 0 radical (unpaired) electrons. The molecule has 0 saturated carbocycles. The zero-order chi connectivity index (χ0) is 27.4. The van der Waals surface area contributed by atoms with E-state index >= 15 is 0 Å². The first-order chi connectivity index (χ1) is 18.8. The molecule has 5 rings (SSSR count). The summed E-state index contributed by atoms with van der Waals surface area (Å²) in [4.78, 5) is 25.0. The van der Waals surface area contributed by atoms with Gasteiger partial charge in [0.25, 0.3) is 5.91 Å². The fourth-order valence-electron chi connectivity index (χ4n) is 4.57. The number of methoxy groups -OCH3 is 1. The second kappa shape index (κ2) is 11.3. The van der Waals surface area contributed by atoms with Crippen molar-refractivity contribution in [1.82, 2.24) is 10.6 Å². The van der Waals surface area contributed by atoms with Gasteiger partial charge >= 0.3 is 5.97 Å². The van der Waals surface area contributed by atoms with Crippen LogP contribution < -0.4 is 10.6 Å². The van der Waals surface area contributed by atoms with Gasteiger partial charge in [0.1, 0.15) is 0 Å². The summed E-state index contributed by atoms with van der Waals surface area (Å²) in [7, 11) is -2.14. The Labute approximate surface area is 227 Å². The first-order valence-corrected chi connectivity index (χ1v) is 14.1. The SMILES string of the molecule is COC(=O)c1cccc(-c2cccc(C3=CCNC(CNC(=O)c4ccc5c(c4)S(=O)(=O)CCOC5)=C3)c2)c1. The van der Waals surface area contributed by atoms with E-state index in [1.165, 1.54) is 13.2 Å². The fraction of sp³-hybridized carbons (Fsp3) is 0.200. The van der Waals surface area contributed by atoms with E-state index in [-0.39, 0.29) is 47.8 Å². The molecule has 0 fully saturated rings. The van der Waals surface area contributed by atoms with Gasteiger partial charge in [-0.25, -0.2) is 13.2 Å². The molecule has 8 nitrogen and oxygen atoms in total. The molecule has 0 aromatic heterocycles. The summed E-state index contributed by atoms with van der Waals surface area (Å²) >= 11 is 0. The van der Waals surface area contributed by atoms with Crippen molar-refractivity contribution in [2.45, 2.75) is 11.5 Å². The monoisotopic (exact) mass is 544 g/mol. The molecule has 2 N–H and O–H groups in total. The highest BCUT2D eigenvalue weighted by atomic mass is 32.2. The molecule has 0 unspecified atom stereocenters. The quantitative estimate of drug-likeness (QED) is 0.455. The average molecular weight is 545 g/mol. The van der Waals surface area contributed by atoms with Gasteiger partial charge in [-0.15, -0.1) is 0 Å². The maximum Gasteiger partial charge on any atom is 0.337 e. The van der Waals surface area contributed by atoms with Crippen LogP contribution in [0.4, 0.5) is 0 Å². The minimum Gasteiger partial charge on any atom is -0.465 e. The van der Waals surface area contributed by atoms with Crippen LogP contribution in [0.5, 0.6) is 0 Å². The van der Waals surface area contributed by atoms with Crippen molar-refractivity contribution in [1.29, 1.82) is 0 Å². The van der Waals surface area contributed by atoms with E-state index in [1.54, 1.807) is 24.3 Å². The van der Waals surface area contributed by atoms with Crippen molar-refractivity contribution < 1.29 is 27.5 Å². The second-order valence-corrected chi connectivity index (χ2v) is 11.3. The summed E-state index contributed by atoms with van der Waals surface area (Å²) in [5, 5.41) is 6.16. The molecule has 2 heterocycles. The van der Waals surface area contributed by atoms with Gasteiger partial charge in [0.2, 0.25) is 0 Å². The molecular formula is C30H28N2O6S. The minimum absolute atomic E-state index is 0.102. The number of carbonyl (C=O) groups excluding carboxylic acids is 2. The van der Waals surface area contributed by atoms with Crippen LogP contribution in [0.2, 0.25) is 0 Å². The number of benzene rings is 3. The van der Waals surface area contributed by atoms with Crippen molar-refractivity contribution in [3.63, 3.8) is 0 Å². The summed E-state index contributed by atoms with van der Waals surface area (Å²) in [6.07, 6.45) is 4.04. The van der Waals surface area contributed by atoms with Gasteiger partial charge in [-0.05, 0) is 64.2 Å². The van der Waals surface area contributed by atoms with Crippen LogP contribution in [0.3, 0.4) is 0 Å². The van der Waals surface area contributed by atoms with E-state index in [2.05, 4.69) is 22.8 Å². The molecule has 0 saturated heterocycles. The Kier molecular flexibility index (Phi) is 7.63. The number of sulfone groups is 1. The molecule has 0 atom stereocenters. The fourth-order valence-corrected chi connectivity index (χ4v) is 5.96. The highest BCUT2D eigenvalue weighted by molar-refractivity contribution is 7.91. The number of dihydropyridines is 1. The number of hydrogen-bond donors (Lipinski definition) is 2. The van der Waals surface area contributed by atoms with Gasteiger partial charge in [-0.3, -0.25) is 4.79 Å². The summed E-state index contributed by atoms with van der Waals surface area (Å²) in [6, 6.07) is 20.0. The number of rotatable bonds is 6. The first-order valence-electron chi connectivity index (χ1n) is 12.5. The predicted molar refractivity (Wildman–Crippen MR) is 148 cm³/mol. The van der Waals surface area contributed by atoms with Gasteiger partial charge in [0.05, 0.1) is 43.1 Å². The molecule has 0 bridgehead atoms. The third kappa shape index (κ3) is 5.94. The van der Waals surface area contributed by atoms with Crippen molar-refractivity contribution in [2.24, 2.45) is 0 Å². The van der Waals surface area contributed by atoms with Crippen LogP contribution in [0.25, 0.3) is 16.7 Å². The van der Waals surface area contributed by atoms with Gasteiger partial charge < -0.3 is 20.1 Å². The number of fused-ring (bicyclic) bond motifs is 1. The van der Waals surface area contributed by atoms with E-state index in [0.717, 1.165) is 28.0 Å². The molecule has 3 aromatic rings. The van der Waals surface area contributed by atoms with Crippen molar-refractivity contribution >= 4 is 27.3 Å². The Morgan fingerprint density at radius 2 is 1.74 bits per heavy atom. The molecule has 3 aromatic carbocycles. The van der Waals surface area contributed by atoms with Crippen LogP contribution in [0.15, 0.2) is 89.5 Å². The Bertz CT molecular complexity index is 1610. The van der Waals surface area contributed by atoms with Crippen molar-refractivity contribution in [2.75, 3.05) is 32.6 Å². The molecule has 1 amide bonds. The molecule has 0 spiro atoms. The third-order valence-corrected chi connectivity index (χ3v) is 8.41. The Morgan fingerprint density at radius 3 is 2.56 bits per heavy atom. The number of hydrogen-bond acceptors (Lipinski definition) is 7. The lowest BCUT2D eigenvalue weighted by Crippen LogP contribution is -2.31. The first kappa shape index (κ1) is 26.4. The van der Waals surface area contributed by atoms with Crippen LogP contribution in [-0.2, 0) is 25.9 Å². The number of ether oxygens (including phenoxy) is 2. The molecular weight excluding hydrogens is 516 g/mol. The maximum atomic E-state index is 12.9. The minimum atomic E-state index is -3.50. The zero-order valence-electron chi connectivity index (χ0n) is 21.4. The molecule has 0 aliphatic carbocycles. The number of nitrogens with one attached hydrogen (secondary N) is 2. The molecule has 2 aliphatic heterocycles. The third-order valence-electron chi connectivity index (χ3n) is 6.65. The molecule has 2 aliphatic rings. The zero-order valence-corrected chi connectivity index (χ0v) is 22.2. The Morgan fingerprint density at radius 1 is 0.974 bits per heavy atom. The van der Waals surface area contributed by atoms with E-state index in [4.69, 9.17) is 9.47 Å².